The molecule has 0 aliphatic rings. The molecule has 0 radical (unpaired) electrons. The zero-order chi connectivity index (χ0) is 38.8. The van der Waals surface area contributed by atoms with Crippen LogP contribution in [0.3, 0.4) is 0 Å². The topological polar surface area (TPSA) is 42.5 Å². The van der Waals surface area contributed by atoms with Gasteiger partial charge >= 0.3 is 0 Å². The zero-order valence-corrected chi connectivity index (χ0v) is 35.1. The Morgan fingerprint density at radius 1 is 0.345 bits per heavy atom. The minimum Gasteiger partial charge on any atom is -0.457 e. The van der Waals surface area contributed by atoms with Gasteiger partial charge in [0, 0.05) is 29.9 Å². The summed E-state index contributed by atoms with van der Waals surface area (Å²) in [4.78, 5) is 0. The average Bonchev–Trinajstić information content (AvgIpc) is 3.20. The summed E-state index contributed by atoms with van der Waals surface area (Å²) in [5, 5.41) is 7.14. The number of hydrogen-bond donors (Lipinski definition) is 2. The second-order valence-electron chi connectivity index (χ2n) is 16.1. The van der Waals surface area contributed by atoms with Gasteiger partial charge < -0.3 is 20.1 Å². The third-order valence-corrected chi connectivity index (χ3v) is 11.1. The maximum atomic E-state index is 6.20. The number of ether oxygens (including phenoxy) is 2. The van der Waals surface area contributed by atoms with Crippen LogP contribution in [0.5, 0.6) is 23.0 Å². The molecule has 0 spiro atoms. The van der Waals surface area contributed by atoms with E-state index in [-0.39, 0.29) is 5.41 Å². The summed E-state index contributed by atoms with van der Waals surface area (Å²) in [6, 6.07) is 33.6. The second kappa shape index (κ2) is 26.0. The van der Waals surface area contributed by atoms with Gasteiger partial charge in [-0.15, -0.1) is 0 Å². The molecule has 4 rings (SSSR count). The lowest BCUT2D eigenvalue weighted by Crippen LogP contribution is -2.18. The lowest BCUT2D eigenvalue weighted by atomic mass is 9.78. The summed E-state index contributed by atoms with van der Waals surface area (Å²) in [6.07, 6.45) is 27.3. The van der Waals surface area contributed by atoms with Gasteiger partial charge in [-0.1, -0.05) is 168 Å². The maximum Gasteiger partial charge on any atom is 0.127 e. The van der Waals surface area contributed by atoms with E-state index in [1.165, 1.54) is 140 Å². The molecule has 4 heteroatoms. The Kier molecular flexibility index (Phi) is 20.7. The van der Waals surface area contributed by atoms with Crippen LogP contribution >= 0.6 is 0 Å². The van der Waals surface area contributed by atoms with Gasteiger partial charge in [0.05, 0.1) is 0 Å². The predicted molar refractivity (Wildman–Crippen MR) is 239 cm³/mol. The van der Waals surface area contributed by atoms with Crippen LogP contribution in [0.2, 0.25) is 0 Å². The van der Waals surface area contributed by atoms with Gasteiger partial charge in [0.2, 0.25) is 0 Å². The van der Waals surface area contributed by atoms with Crippen molar-refractivity contribution >= 4 is 11.4 Å². The first kappa shape index (κ1) is 43.8. The Balaban J connectivity index is 1.12. The van der Waals surface area contributed by atoms with Crippen molar-refractivity contribution in [3.8, 4) is 23.0 Å². The normalized spacial score (nSPS) is 11.4. The first-order valence-corrected chi connectivity index (χ1v) is 22.2. The van der Waals surface area contributed by atoms with Gasteiger partial charge in [-0.3, -0.25) is 0 Å². The van der Waals surface area contributed by atoms with Crippen molar-refractivity contribution in [2.45, 2.75) is 162 Å². The highest BCUT2D eigenvalue weighted by Crippen LogP contribution is 2.35. The van der Waals surface area contributed by atoms with Crippen molar-refractivity contribution in [1.29, 1.82) is 0 Å². The van der Waals surface area contributed by atoms with Crippen molar-refractivity contribution in [1.82, 2.24) is 0 Å². The smallest absolute Gasteiger partial charge is 0.127 e. The molecular weight excluding hydrogens is 673 g/mol. The molecule has 2 N–H and O–H groups in total. The van der Waals surface area contributed by atoms with E-state index in [1.54, 1.807) is 0 Å². The number of benzene rings is 4. The van der Waals surface area contributed by atoms with Crippen molar-refractivity contribution in [3.63, 3.8) is 0 Å². The SMILES string of the molecule is CCCCCCCCCCCCNc1ccc(Oc2ccc(C(C)(C)c3ccc(Oc4ccc(NCCCCCCCCCCCC)cc4)cc3)cc2)cc1. The van der Waals surface area contributed by atoms with E-state index in [0.717, 1.165) is 47.5 Å². The molecule has 0 bridgehead atoms. The fourth-order valence-electron chi connectivity index (χ4n) is 7.29. The lowest BCUT2D eigenvalue weighted by Gasteiger charge is -2.26. The van der Waals surface area contributed by atoms with E-state index < -0.39 is 0 Å². The summed E-state index contributed by atoms with van der Waals surface area (Å²) in [5.41, 5.74) is 4.61. The van der Waals surface area contributed by atoms with E-state index >= 15 is 0 Å². The van der Waals surface area contributed by atoms with E-state index in [1.807, 2.05) is 24.3 Å². The number of unbranched alkanes of at least 4 members (excludes halogenated alkanes) is 18. The van der Waals surface area contributed by atoms with Crippen LogP contribution in [0.1, 0.15) is 167 Å². The molecule has 4 nitrogen and oxygen atoms in total. The van der Waals surface area contributed by atoms with E-state index in [2.05, 4.69) is 111 Å². The maximum absolute atomic E-state index is 6.20. The van der Waals surface area contributed by atoms with Crippen LogP contribution < -0.4 is 20.1 Å². The summed E-state index contributed by atoms with van der Waals surface area (Å²) < 4.78 is 12.4. The molecule has 55 heavy (non-hydrogen) atoms. The Labute approximate surface area is 336 Å². The molecule has 0 unspecified atom stereocenters. The largest absolute Gasteiger partial charge is 0.457 e. The molecule has 0 heterocycles. The van der Waals surface area contributed by atoms with E-state index in [4.69, 9.17) is 9.47 Å². The van der Waals surface area contributed by atoms with Crippen LogP contribution in [0.4, 0.5) is 11.4 Å². The molecule has 0 fully saturated rings. The first-order chi connectivity index (χ1) is 27.0. The molecule has 0 amide bonds. The summed E-state index contributed by atoms with van der Waals surface area (Å²) >= 11 is 0. The molecule has 4 aromatic carbocycles. The summed E-state index contributed by atoms with van der Waals surface area (Å²) in [7, 11) is 0. The van der Waals surface area contributed by atoms with Crippen molar-refractivity contribution in [2.24, 2.45) is 0 Å². The monoisotopic (exact) mass is 747 g/mol. The van der Waals surface area contributed by atoms with Gasteiger partial charge in [-0.2, -0.15) is 0 Å². The minimum absolute atomic E-state index is 0.166. The number of hydrogen-bond acceptors (Lipinski definition) is 4. The second-order valence-corrected chi connectivity index (χ2v) is 16.1. The fourth-order valence-corrected chi connectivity index (χ4v) is 7.29. The molecular formula is C51H74N2O2. The standard InChI is InChI=1S/C51H74N2O2/c1-5-7-9-11-13-15-17-19-21-23-41-52-45-29-37-49(38-30-45)54-47-33-25-43(26-34-47)51(3,4)44-27-35-48(36-28-44)55-50-39-31-46(32-40-50)53-42-24-22-20-18-16-14-12-10-8-6-2/h25-40,52-53H,5-24,41-42H2,1-4H3. The molecule has 0 aliphatic heterocycles. The zero-order valence-electron chi connectivity index (χ0n) is 35.1. The summed E-state index contributed by atoms with van der Waals surface area (Å²) in [5.74, 6) is 3.38. The Morgan fingerprint density at radius 2 is 0.600 bits per heavy atom. The van der Waals surface area contributed by atoms with Crippen LogP contribution in [0.15, 0.2) is 97.1 Å². The number of nitrogens with one attached hydrogen (secondary N) is 2. The molecule has 0 aromatic heterocycles. The third kappa shape index (κ3) is 17.2. The van der Waals surface area contributed by atoms with Crippen LogP contribution in [0, 0.1) is 0 Å². The predicted octanol–water partition coefficient (Wildman–Crippen LogP) is 16.3. The van der Waals surface area contributed by atoms with Gasteiger partial charge in [0.1, 0.15) is 23.0 Å². The fraction of sp³-hybridized carbons (Fsp3) is 0.529. The van der Waals surface area contributed by atoms with Gasteiger partial charge in [0.25, 0.3) is 0 Å². The third-order valence-electron chi connectivity index (χ3n) is 11.1. The highest BCUT2D eigenvalue weighted by Gasteiger charge is 2.23. The molecule has 300 valence electrons. The van der Waals surface area contributed by atoms with Gasteiger partial charge in [-0.05, 0) is 96.8 Å². The first-order valence-electron chi connectivity index (χ1n) is 22.2. The van der Waals surface area contributed by atoms with E-state index in [0.29, 0.717) is 0 Å². The molecule has 0 saturated heterocycles. The van der Waals surface area contributed by atoms with Crippen LogP contribution in [0.25, 0.3) is 0 Å². The molecule has 0 saturated carbocycles. The average molecular weight is 747 g/mol. The highest BCUT2D eigenvalue weighted by molar-refractivity contribution is 5.49. The Hall–Kier alpha value is -3.92. The van der Waals surface area contributed by atoms with E-state index in [9.17, 15) is 0 Å². The van der Waals surface area contributed by atoms with Crippen LogP contribution in [-0.2, 0) is 5.41 Å². The number of anilines is 2. The number of rotatable bonds is 30. The molecule has 0 atom stereocenters. The molecule has 4 aromatic rings. The highest BCUT2D eigenvalue weighted by atomic mass is 16.5. The van der Waals surface area contributed by atoms with Gasteiger partial charge in [-0.25, -0.2) is 0 Å². The Bertz CT molecular complexity index is 1410. The van der Waals surface area contributed by atoms with Crippen molar-refractivity contribution < 1.29 is 9.47 Å². The molecule has 0 aliphatic carbocycles. The minimum atomic E-state index is -0.166. The van der Waals surface area contributed by atoms with Crippen LogP contribution in [-0.4, -0.2) is 13.1 Å². The Morgan fingerprint density at radius 3 is 0.891 bits per heavy atom. The van der Waals surface area contributed by atoms with Crippen molar-refractivity contribution in [3.05, 3.63) is 108 Å². The van der Waals surface area contributed by atoms with Crippen molar-refractivity contribution in [2.75, 3.05) is 23.7 Å². The lowest BCUT2D eigenvalue weighted by molar-refractivity contribution is 0.481. The summed E-state index contributed by atoms with van der Waals surface area (Å²) in [6.45, 7) is 11.1. The van der Waals surface area contributed by atoms with Gasteiger partial charge in [0.15, 0.2) is 0 Å². The quantitative estimate of drug-likeness (QED) is 0.0522.